The number of sulfonamides is 1. The zero-order chi connectivity index (χ0) is 20.5. The molecule has 1 aliphatic rings. The molecule has 2 aromatic rings. The van der Waals surface area contributed by atoms with Crippen LogP contribution in [0.5, 0.6) is 0 Å². The van der Waals surface area contributed by atoms with Crippen molar-refractivity contribution in [3.8, 4) is 0 Å². The Labute approximate surface area is 167 Å². The average Bonchev–Trinajstić information content (AvgIpc) is 3.28. The van der Waals surface area contributed by atoms with Gasteiger partial charge in [-0.05, 0) is 37.5 Å². The molecule has 0 saturated carbocycles. The van der Waals surface area contributed by atoms with Gasteiger partial charge in [-0.3, -0.25) is 4.79 Å². The van der Waals surface area contributed by atoms with Gasteiger partial charge in [-0.25, -0.2) is 8.42 Å². The first-order valence-corrected chi connectivity index (χ1v) is 11.3. The van der Waals surface area contributed by atoms with Crippen LogP contribution in [0.4, 0.5) is 0 Å². The molecule has 0 unspecified atom stereocenters. The summed E-state index contributed by atoms with van der Waals surface area (Å²) in [6, 6.07) is 5.58. The van der Waals surface area contributed by atoms with Crippen LogP contribution in [0.15, 0.2) is 35.5 Å². The second kappa shape index (κ2) is 8.13. The number of carbonyl (C=O) groups is 1. The van der Waals surface area contributed by atoms with Gasteiger partial charge in [0, 0.05) is 51.8 Å². The molecule has 3 heterocycles. The molecule has 8 heteroatoms. The first kappa shape index (κ1) is 20.7. The molecule has 1 fully saturated rings. The maximum absolute atomic E-state index is 13.4. The van der Waals surface area contributed by atoms with Crippen molar-refractivity contribution < 1.29 is 13.2 Å². The maximum atomic E-state index is 13.4. The second-order valence-electron chi connectivity index (χ2n) is 7.32. The summed E-state index contributed by atoms with van der Waals surface area (Å²) in [5.74, 6) is -0.116. The minimum atomic E-state index is -3.59. The Morgan fingerprint density at radius 2 is 1.89 bits per heavy atom. The molecule has 0 aliphatic carbocycles. The topological polar surface area (TPSA) is 67.6 Å². The number of hydrogen-bond donors (Lipinski definition) is 0. The maximum Gasteiger partial charge on any atom is 0.271 e. The molecule has 0 bridgehead atoms. The Kier molecular flexibility index (Phi) is 6.00. The van der Waals surface area contributed by atoms with Gasteiger partial charge in [-0.15, -0.1) is 0 Å². The molecule has 0 radical (unpaired) electrons. The van der Waals surface area contributed by atoms with Crippen molar-refractivity contribution in [2.45, 2.75) is 44.0 Å². The van der Waals surface area contributed by atoms with Gasteiger partial charge in [0.25, 0.3) is 5.91 Å². The van der Waals surface area contributed by atoms with Gasteiger partial charge < -0.3 is 14.0 Å². The number of piperidine rings is 1. The summed E-state index contributed by atoms with van der Waals surface area (Å²) in [6.45, 7) is 5.11. The third kappa shape index (κ3) is 3.63. The molecule has 1 amide bonds. The summed E-state index contributed by atoms with van der Waals surface area (Å²) in [5.41, 5.74) is 1.52. The molecule has 154 valence electrons. The largest absolute Gasteiger partial charge is 0.353 e. The SMILES string of the molecule is CCN(CC)S(=O)(=O)c1cc(C(=O)N2CCCC[C@@H]2c2cccn2C)n(C)c1. The smallest absolute Gasteiger partial charge is 0.271 e. The first-order valence-electron chi connectivity index (χ1n) is 9.90. The summed E-state index contributed by atoms with van der Waals surface area (Å²) in [4.78, 5) is 15.4. The lowest BCUT2D eigenvalue weighted by molar-refractivity contribution is 0.0592. The predicted octanol–water partition coefficient (Wildman–Crippen LogP) is 2.76. The van der Waals surface area contributed by atoms with E-state index in [4.69, 9.17) is 0 Å². The normalized spacial score (nSPS) is 18.0. The third-order valence-corrected chi connectivity index (χ3v) is 7.65. The Morgan fingerprint density at radius 3 is 2.50 bits per heavy atom. The van der Waals surface area contributed by atoms with Crippen molar-refractivity contribution in [2.75, 3.05) is 19.6 Å². The van der Waals surface area contributed by atoms with E-state index in [0.717, 1.165) is 25.0 Å². The highest BCUT2D eigenvalue weighted by molar-refractivity contribution is 7.89. The van der Waals surface area contributed by atoms with Gasteiger partial charge in [-0.2, -0.15) is 4.31 Å². The van der Waals surface area contributed by atoms with Crippen LogP contribution in [0.2, 0.25) is 0 Å². The van der Waals surface area contributed by atoms with Crippen LogP contribution in [-0.2, 0) is 24.1 Å². The summed E-state index contributed by atoms with van der Waals surface area (Å²) in [7, 11) is 0.129. The first-order chi connectivity index (χ1) is 13.3. The Bertz CT molecular complexity index is 941. The summed E-state index contributed by atoms with van der Waals surface area (Å²) in [6.07, 6.45) is 6.49. The molecular formula is C20H30N4O3S. The van der Waals surface area contributed by atoms with Crippen LogP contribution >= 0.6 is 0 Å². The van der Waals surface area contributed by atoms with Crippen molar-refractivity contribution in [3.63, 3.8) is 0 Å². The number of nitrogens with zero attached hydrogens (tertiary/aromatic N) is 4. The summed E-state index contributed by atoms with van der Waals surface area (Å²) < 4.78 is 30.8. The Hall–Kier alpha value is -2.06. The van der Waals surface area contributed by atoms with E-state index in [-0.39, 0.29) is 16.8 Å². The zero-order valence-corrected chi connectivity index (χ0v) is 17.9. The molecule has 2 aromatic heterocycles. The average molecular weight is 407 g/mol. The molecule has 0 N–H and O–H groups in total. The van der Waals surface area contributed by atoms with Crippen molar-refractivity contribution in [1.29, 1.82) is 0 Å². The summed E-state index contributed by atoms with van der Waals surface area (Å²) >= 11 is 0. The van der Waals surface area contributed by atoms with Crippen LogP contribution in [-0.4, -0.2) is 52.3 Å². The number of aryl methyl sites for hydroxylation is 2. The van der Waals surface area contributed by atoms with E-state index < -0.39 is 10.0 Å². The molecule has 1 atom stereocenters. The van der Waals surface area contributed by atoms with Crippen molar-refractivity contribution in [1.82, 2.24) is 18.3 Å². The molecule has 0 aromatic carbocycles. The molecule has 0 spiro atoms. The number of amides is 1. The minimum absolute atomic E-state index is 0.0130. The minimum Gasteiger partial charge on any atom is -0.353 e. The highest BCUT2D eigenvalue weighted by atomic mass is 32.2. The second-order valence-corrected chi connectivity index (χ2v) is 9.25. The van der Waals surface area contributed by atoms with Gasteiger partial charge in [0.2, 0.25) is 10.0 Å². The van der Waals surface area contributed by atoms with E-state index in [9.17, 15) is 13.2 Å². The lowest BCUT2D eigenvalue weighted by atomic mass is 9.98. The van der Waals surface area contributed by atoms with Gasteiger partial charge in [0.1, 0.15) is 10.6 Å². The van der Waals surface area contributed by atoms with E-state index in [1.54, 1.807) is 17.8 Å². The fourth-order valence-corrected chi connectivity index (χ4v) is 5.58. The molecule has 7 nitrogen and oxygen atoms in total. The van der Waals surface area contributed by atoms with Crippen LogP contribution in [0.25, 0.3) is 0 Å². The predicted molar refractivity (Wildman–Crippen MR) is 109 cm³/mol. The standard InChI is InChI=1S/C20H30N4O3S/c1-5-23(6-2)28(26,27)16-14-19(22(4)15-16)20(25)24-13-8-7-10-18(24)17-11-9-12-21(17)3/h9,11-12,14-15,18H,5-8,10,13H2,1-4H3/t18-/m1/s1. The molecule has 1 aliphatic heterocycles. The fraction of sp³-hybridized carbons (Fsp3) is 0.550. The third-order valence-electron chi connectivity index (χ3n) is 5.63. The number of rotatable bonds is 6. The van der Waals surface area contributed by atoms with Gasteiger partial charge in [0.15, 0.2) is 0 Å². The van der Waals surface area contributed by atoms with E-state index in [2.05, 4.69) is 10.6 Å². The highest BCUT2D eigenvalue weighted by Crippen LogP contribution is 2.32. The van der Waals surface area contributed by atoms with Crippen LogP contribution in [0.1, 0.15) is 55.3 Å². The lowest BCUT2D eigenvalue weighted by Crippen LogP contribution is -2.39. The van der Waals surface area contributed by atoms with Crippen LogP contribution in [0.3, 0.4) is 0 Å². The van der Waals surface area contributed by atoms with Crippen LogP contribution < -0.4 is 0 Å². The lowest BCUT2D eigenvalue weighted by Gasteiger charge is -2.36. The van der Waals surface area contributed by atoms with Crippen LogP contribution in [0, 0.1) is 0 Å². The van der Waals surface area contributed by atoms with Crippen molar-refractivity contribution >= 4 is 15.9 Å². The monoisotopic (exact) mass is 406 g/mol. The van der Waals surface area contributed by atoms with Gasteiger partial charge in [-0.1, -0.05) is 13.8 Å². The van der Waals surface area contributed by atoms with Gasteiger partial charge in [0.05, 0.1) is 6.04 Å². The fourth-order valence-electron chi connectivity index (χ4n) is 4.05. The number of hydrogen-bond acceptors (Lipinski definition) is 3. The number of likely N-dealkylation sites (tertiary alicyclic amines) is 1. The molecule has 28 heavy (non-hydrogen) atoms. The zero-order valence-electron chi connectivity index (χ0n) is 17.1. The Balaban J connectivity index is 1.94. The number of aromatic nitrogens is 2. The van der Waals surface area contributed by atoms with Gasteiger partial charge >= 0.3 is 0 Å². The Morgan fingerprint density at radius 1 is 1.18 bits per heavy atom. The van der Waals surface area contributed by atoms with E-state index in [0.29, 0.717) is 25.3 Å². The van der Waals surface area contributed by atoms with E-state index in [1.165, 1.54) is 10.4 Å². The van der Waals surface area contributed by atoms with Crippen molar-refractivity contribution in [2.24, 2.45) is 14.1 Å². The molecular weight excluding hydrogens is 376 g/mol. The van der Waals surface area contributed by atoms with Crippen molar-refractivity contribution in [3.05, 3.63) is 42.0 Å². The van der Waals surface area contributed by atoms with E-state index in [1.807, 2.05) is 38.1 Å². The quantitative estimate of drug-likeness (QED) is 0.741. The molecule has 1 saturated heterocycles. The molecule has 3 rings (SSSR count). The summed E-state index contributed by atoms with van der Waals surface area (Å²) in [5, 5.41) is 0. The number of carbonyl (C=O) groups excluding carboxylic acids is 1. The van der Waals surface area contributed by atoms with E-state index >= 15 is 0 Å². The highest BCUT2D eigenvalue weighted by Gasteiger charge is 2.32.